The maximum Gasteiger partial charge on any atom is 0.351 e. The van der Waals surface area contributed by atoms with Crippen LogP contribution in [0.25, 0.3) is 0 Å². The highest BCUT2D eigenvalue weighted by Gasteiger charge is 2.67. The Morgan fingerprint density at radius 2 is 1.63 bits per heavy atom. The minimum absolute atomic E-state index is 0.0992. The second-order valence-corrected chi connectivity index (χ2v) is 15.7. The second-order valence-electron chi connectivity index (χ2n) is 13.3. The number of aliphatic hydroxyl groups excluding tert-OH is 2. The normalized spacial score (nSPS) is 21.1. The monoisotopic (exact) mass is 725 g/mol. The summed E-state index contributed by atoms with van der Waals surface area (Å²) in [6, 6.07) is 14.1. The zero-order valence-electron chi connectivity index (χ0n) is 27.7. The van der Waals surface area contributed by atoms with Gasteiger partial charge in [-0.25, -0.2) is 22.4 Å². The minimum Gasteiger partial charge on any atom is -0.395 e. The molecule has 4 atom stereocenters. The molecule has 0 spiro atoms. The molecule has 1 aliphatic heterocycles. The Bertz CT molecular complexity index is 1590. The molecule has 1 amide bonds. The van der Waals surface area contributed by atoms with Crippen LogP contribution in [0.4, 0.5) is 23.4 Å². The van der Waals surface area contributed by atoms with Crippen LogP contribution in [0.3, 0.4) is 0 Å². The summed E-state index contributed by atoms with van der Waals surface area (Å²) in [5, 5.41) is 22.0. The number of halogens is 4. The van der Waals surface area contributed by atoms with Crippen LogP contribution in [0, 0.1) is 22.5 Å². The second kappa shape index (κ2) is 16.9. The van der Waals surface area contributed by atoms with E-state index in [1.807, 2.05) is 13.8 Å². The molecule has 3 aromatic rings. The van der Waals surface area contributed by atoms with Crippen LogP contribution < -0.4 is 11.0 Å². The number of nitrogens with zero attached hydrogens (tertiary/aromatic N) is 2. The summed E-state index contributed by atoms with van der Waals surface area (Å²) in [5.41, 5.74) is -1.57. The smallest absolute Gasteiger partial charge is 0.351 e. The predicted molar refractivity (Wildman–Crippen MR) is 185 cm³/mol. The number of benzene rings is 2. The molecule has 0 aliphatic carbocycles. The first-order valence-corrected chi connectivity index (χ1v) is 18.2. The fourth-order valence-electron chi connectivity index (χ4n) is 5.59. The van der Waals surface area contributed by atoms with Gasteiger partial charge in [-0.05, 0) is 78.8 Å². The molecule has 8 nitrogen and oxygen atoms in total. The van der Waals surface area contributed by atoms with Crippen LogP contribution in [0.15, 0.2) is 65.6 Å². The van der Waals surface area contributed by atoms with E-state index in [0.29, 0.717) is 16.7 Å². The van der Waals surface area contributed by atoms with Crippen LogP contribution >= 0.6 is 23.5 Å². The third kappa shape index (κ3) is 10.1. The molecule has 268 valence electrons. The summed E-state index contributed by atoms with van der Waals surface area (Å²) in [4.78, 5) is 29.5. The molecular formula is C35H43F4N3O5S2. The van der Waals surface area contributed by atoms with Crippen LogP contribution in [-0.2, 0) is 21.0 Å². The quantitative estimate of drug-likeness (QED) is 0.103. The van der Waals surface area contributed by atoms with Crippen molar-refractivity contribution in [2.45, 2.75) is 81.5 Å². The summed E-state index contributed by atoms with van der Waals surface area (Å²) in [7, 11) is 0. The summed E-state index contributed by atoms with van der Waals surface area (Å²) in [6.45, 7) is 3.26. The van der Waals surface area contributed by atoms with Gasteiger partial charge in [0.25, 0.3) is 0 Å². The van der Waals surface area contributed by atoms with Gasteiger partial charge in [0.1, 0.15) is 17.5 Å². The highest BCUT2D eigenvalue weighted by Crippen LogP contribution is 2.54. The Morgan fingerprint density at radius 1 is 1.02 bits per heavy atom. The first kappa shape index (κ1) is 38.9. The van der Waals surface area contributed by atoms with Gasteiger partial charge < -0.3 is 20.3 Å². The van der Waals surface area contributed by atoms with Gasteiger partial charge in [-0.3, -0.25) is 9.36 Å². The molecule has 1 unspecified atom stereocenters. The van der Waals surface area contributed by atoms with Crippen LogP contribution in [0.5, 0.6) is 0 Å². The van der Waals surface area contributed by atoms with E-state index in [1.165, 1.54) is 30.3 Å². The average molecular weight is 726 g/mol. The zero-order valence-corrected chi connectivity index (χ0v) is 29.3. The van der Waals surface area contributed by atoms with Gasteiger partial charge in [0.05, 0.1) is 24.7 Å². The molecule has 0 saturated carbocycles. The molecule has 2 aromatic carbocycles. The Morgan fingerprint density at radius 3 is 2.18 bits per heavy atom. The van der Waals surface area contributed by atoms with E-state index in [9.17, 15) is 28.6 Å². The number of thioether (sulfide) groups is 2. The number of aromatic nitrogens is 2. The first-order valence-electron chi connectivity index (χ1n) is 16.0. The van der Waals surface area contributed by atoms with Crippen molar-refractivity contribution in [2.24, 2.45) is 10.8 Å². The minimum atomic E-state index is -3.70. The lowest BCUT2D eigenvalue weighted by atomic mass is 9.80. The molecule has 0 radical (unpaired) electrons. The number of nitrogens with one attached hydrogen (secondary N) is 1. The van der Waals surface area contributed by atoms with E-state index in [4.69, 9.17) is 4.74 Å². The number of anilines is 1. The van der Waals surface area contributed by atoms with Crippen molar-refractivity contribution in [3.63, 3.8) is 0 Å². The molecule has 0 bridgehead atoms. The Labute approximate surface area is 292 Å². The van der Waals surface area contributed by atoms with Crippen molar-refractivity contribution in [3.8, 4) is 0 Å². The van der Waals surface area contributed by atoms with E-state index in [-0.39, 0.29) is 29.1 Å². The maximum absolute atomic E-state index is 15.2. The zero-order chi connectivity index (χ0) is 35.8. The van der Waals surface area contributed by atoms with Crippen molar-refractivity contribution < 1.29 is 37.3 Å². The molecule has 1 saturated heterocycles. The fourth-order valence-corrected chi connectivity index (χ4v) is 7.96. The number of hydrogen-bond donors (Lipinski definition) is 3. The SMILES string of the molecule is CC(C)(CCC(CCSCc1ccc(F)cc1)SCc1ccc(F)cc1)CC(=O)Nc1ccn([C@@H]2O[C@H](CO)[C@](C)(CO)C2(F)F)c(=O)n1. The van der Waals surface area contributed by atoms with Gasteiger partial charge in [0, 0.05) is 29.4 Å². The lowest BCUT2D eigenvalue weighted by Gasteiger charge is -2.32. The van der Waals surface area contributed by atoms with Gasteiger partial charge in [-0.2, -0.15) is 28.5 Å². The molecule has 14 heteroatoms. The molecule has 3 N–H and O–H groups in total. The number of carbonyl (C=O) groups excluding carboxylic acids is 1. The number of hydrogen-bond acceptors (Lipinski definition) is 8. The van der Waals surface area contributed by atoms with Crippen molar-refractivity contribution in [1.82, 2.24) is 9.55 Å². The first-order chi connectivity index (χ1) is 23.2. The molecule has 4 rings (SSSR count). The Balaban J connectivity index is 1.33. The van der Waals surface area contributed by atoms with Crippen LogP contribution in [0.2, 0.25) is 0 Å². The van der Waals surface area contributed by atoms with E-state index >= 15 is 8.78 Å². The number of aliphatic hydroxyl groups is 2. The van der Waals surface area contributed by atoms with Gasteiger partial charge in [0.2, 0.25) is 12.1 Å². The van der Waals surface area contributed by atoms with Gasteiger partial charge in [-0.1, -0.05) is 38.1 Å². The molecule has 1 aliphatic rings. The Hall–Kier alpha value is -2.91. The van der Waals surface area contributed by atoms with Crippen molar-refractivity contribution in [1.29, 1.82) is 0 Å². The summed E-state index contributed by atoms with van der Waals surface area (Å²) in [6.07, 6.45) is 0.0812. The van der Waals surface area contributed by atoms with E-state index in [2.05, 4.69) is 10.3 Å². The van der Waals surface area contributed by atoms with Gasteiger partial charge in [-0.15, -0.1) is 0 Å². The summed E-state index contributed by atoms with van der Waals surface area (Å²) >= 11 is 3.55. The fraction of sp³-hybridized carbons (Fsp3) is 0.514. The summed E-state index contributed by atoms with van der Waals surface area (Å²) < 4.78 is 63.0. The highest BCUT2D eigenvalue weighted by molar-refractivity contribution is 7.99. The molecule has 1 fully saturated rings. The van der Waals surface area contributed by atoms with E-state index in [0.717, 1.165) is 48.6 Å². The van der Waals surface area contributed by atoms with Gasteiger partial charge in [0.15, 0.2) is 0 Å². The van der Waals surface area contributed by atoms with Crippen LogP contribution in [0.1, 0.15) is 63.8 Å². The molecule has 1 aromatic heterocycles. The topological polar surface area (TPSA) is 114 Å². The van der Waals surface area contributed by atoms with E-state index < -0.39 is 53.9 Å². The van der Waals surface area contributed by atoms with E-state index in [1.54, 1.807) is 47.8 Å². The Kier molecular flexibility index (Phi) is 13.4. The number of amides is 1. The number of rotatable bonds is 17. The third-order valence-electron chi connectivity index (χ3n) is 8.87. The van der Waals surface area contributed by atoms with Crippen molar-refractivity contribution in [3.05, 3.63) is 94.0 Å². The number of ether oxygens (including phenoxy) is 1. The lowest BCUT2D eigenvalue weighted by Crippen LogP contribution is -2.48. The predicted octanol–water partition coefficient (Wildman–Crippen LogP) is 6.81. The number of carbonyl (C=O) groups is 1. The van der Waals surface area contributed by atoms with Crippen molar-refractivity contribution >= 4 is 35.2 Å². The summed E-state index contributed by atoms with van der Waals surface area (Å²) in [5.74, 6) is -2.39. The maximum atomic E-state index is 15.2. The standard InChI is InChI=1S/C35H43F4N3O5S2/c1-33(2,15-12-27(49-21-24-6-10-26(37)11-7-24)14-17-48-20-23-4-8-25(36)9-5-23)18-30(45)40-29-13-16-42(32(46)41-29)31-35(38,39)34(3,22-44)28(19-43)47-31/h4-11,13,16,27-28,31,43-44H,12,14-15,17-22H2,1-3H3,(H,40,41,45,46)/t27?,28-,31-,34+/m1/s1. The molecular weight excluding hydrogens is 683 g/mol. The third-order valence-corrected chi connectivity index (χ3v) is 11.4. The van der Waals surface area contributed by atoms with Gasteiger partial charge >= 0.3 is 11.6 Å². The molecule has 49 heavy (non-hydrogen) atoms. The van der Waals surface area contributed by atoms with Crippen molar-refractivity contribution in [2.75, 3.05) is 24.3 Å². The largest absolute Gasteiger partial charge is 0.395 e. The average Bonchev–Trinajstić information content (AvgIpc) is 3.26. The molecule has 2 heterocycles. The van der Waals surface area contributed by atoms with Crippen LogP contribution in [-0.4, -0.2) is 61.9 Å². The lowest BCUT2D eigenvalue weighted by molar-refractivity contribution is -0.154. The highest BCUT2D eigenvalue weighted by atomic mass is 32.2. The number of alkyl halides is 2.